The molecule has 0 N–H and O–H groups in total. The minimum Gasteiger partial charge on any atom is -0.462 e. The summed E-state index contributed by atoms with van der Waals surface area (Å²) in [6, 6.07) is 24.7. The lowest BCUT2D eigenvalue weighted by Gasteiger charge is -2.27. The smallest absolute Gasteiger partial charge is 0.340 e. The molecule has 25 heavy (non-hydrogen) atoms. The summed E-state index contributed by atoms with van der Waals surface area (Å²) in [6.45, 7) is 2.12. The van der Waals surface area contributed by atoms with E-state index in [0.717, 1.165) is 17.1 Å². The van der Waals surface area contributed by atoms with Crippen molar-refractivity contribution >= 4 is 34.6 Å². The number of ether oxygens (including phenoxy) is 1. The summed E-state index contributed by atoms with van der Waals surface area (Å²) in [4.78, 5) is 14.4. The van der Waals surface area contributed by atoms with Gasteiger partial charge in [0.15, 0.2) is 0 Å². The maximum Gasteiger partial charge on any atom is 0.340 e. The Kier molecular flexibility index (Phi) is 5.36. The topological polar surface area (TPSA) is 29.5 Å². The van der Waals surface area contributed by atoms with Crippen LogP contribution in [0.1, 0.15) is 17.3 Å². The number of benzene rings is 3. The van der Waals surface area contributed by atoms with Crippen molar-refractivity contribution in [1.82, 2.24) is 0 Å². The molecule has 0 bridgehead atoms. The summed E-state index contributed by atoms with van der Waals surface area (Å²) in [5.41, 5.74) is 2.92. The Morgan fingerprint density at radius 2 is 1.48 bits per heavy atom. The number of nitrogens with zero attached hydrogens (tertiary/aromatic N) is 1. The Bertz CT molecular complexity index is 865. The number of hydrogen-bond acceptors (Lipinski definition) is 3. The maximum atomic E-state index is 12.4. The van der Waals surface area contributed by atoms with Crippen molar-refractivity contribution in [3.05, 3.63) is 89.4 Å². The molecule has 0 heterocycles. The summed E-state index contributed by atoms with van der Waals surface area (Å²) in [7, 11) is 0. The van der Waals surface area contributed by atoms with Gasteiger partial charge in [0.05, 0.1) is 28.6 Å². The molecule has 126 valence electrons. The number of hydrogen-bond donors (Lipinski definition) is 0. The van der Waals surface area contributed by atoms with E-state index in [1.807, 2.05) is 77.7 Å². The highest BCUT2D eigenvalue weighted by Crippen LogP contribution is 2.40. The molecule has 3 aromatic carbocycles. The molecule has 0 aliphatic rings. The first kappa shape index (κ1) is 17.1. The fourth-order valence-electron chi connectivity index (χ4n) is 2.67. The van der Waals surface area contributed by atoms with Gasteiger partial charge in [-0.1, -0.05) is 54.1 Å². The number of carbonyl (C=O) groups excluding carboxylic acids is 1. The monoisotopic (exact) mass is 351 g/mol. The van der Waals surface area contributed by atoms with E-state index < -0.39 is 0 Å². The lowest BCUT2D eigenvalue weighted by atomic mass is 10.1. The second-order valence-electron chi connectivity index (χ2n) is 5.36. The van der Waals surface area contributed by atoms with E-state index in [4.69, 9.17) is 16.3 Å². The fraction of sp³-hybridized carbons (Fsp3) is 0.0952. The van der Waals surface area contributed by atoms with Crippen LogP contribution in [-0.4, -0.2) is 12.6 Å². The molecule has 0 unspecified atom stereocenters. The molecular weight excluding hydrogens is 334 g/mol. The predicted octanol–water partition coefficient (Wildman–Crippen LogP) is 5.99. The average molecular weight is 352 g/mol. The largest absolute Gasteiger partial charge is 0.462 e. The Labute approximate surface area is 152 Å². The molecule has 0 saturated heterocycles. The molecule has 3 aromatic rings. The van der Waals surface area contributed by atoms with Crippen molar-refractivity contribution in [1.29, 1.82) is 0 Å². The fourth-order valence-corrected chi connectivity index (χ4v) is 2.89. The molecule has 3 nitrogen and oxygen atoms in total. The van der Waals surface area contributed by atoms with E-state index >= 15 is 0 Å². The van der Waals surface area contributed by atoms with E-state index in [9.17, 15) is 4.79 Å². The van der Waals surface area contributed by atoms with Gasteiger partial charge in [0.2, 0.25) is 0 Å². The summed E-state index contributed by atoms with van der Waals surface area (Å²) >= 11 is 6.45. The SMILES string of the molecule is CCOC(=O)c1ccccc1N(c1ccccc1)c1ccccc1Cl. The summed E-state index contributed by atoms with van der Waals surface area (Å²) in [5.74, 6) is -0.355. The first-order valence-electron chi connectivity index (χ1n) is 8.08. The highest BCUT2D eigenvalue weighted by atomic mass is 35.5. The minimum absolute atomic E-state index is 0.324. The molecule has 0 atom stereocenters. The van der Waals surface area contributed by atoms with Gasteiger partial charge in [-0.25, -0.2) is 4.79 Å². The molecule has 3 rings (SSSR count). The van der Waals surface area contributed by atoms with Crippen LogP contribution in [0.15, 0.2) is 78.9 Å². The molecule has 0 spiro atoms. The molecule has 0 aliphatic heterocycles. The number of para-hydroxylation sites is 3. The lowest BCUT2D eigenvalue weighted by molar-refractivity contribution is 0.0527. The molecule has 0 fully saturated rings. The third-order valence-corrected chi connectivity index (χ3v) is 4.07. The van der Waals surface area contributed by atoms with Crippen LogP contribution in [0.4, 0.5) is 17.1 Å². The third kappa shape index (κ3) is 3.67. The van der Waals surface area contributed by atoms with Gasteiger partial charge in [0.1, 0.15) is 0 Å². The van der Waals surface area contributed by atoms with Crippen LogP contribution >= 0.6 is 11.6 Å². The van der Waals surface area contributed by atoms with E-state index in [0.29, 0.717) is 17.2 Å². The van der Waals surface area contributed by atoms with Crippen LogP contribution < -0.4 is 4.90 Å². The number of esters is 1. The normalized spacial score (nSPS) is 10.3. The van der Waals surface area contributed by atoms with Crippen LogP contribution in [-0.2, 0) is 4.74 Å². The number of carbonyl (C=O) groups is 1. The molecule has 0 saturated carbocycles. The second kappa shape index (κ2) is 7.86. The Balaban J connectivity index is 2.21. The highest BCUT2D eigenvalue weighted by molar-refractivity contribution is 6.33. The summed E-state index contributed by atoms with van der Waals surface area (Å²) < 4.78 is 5.22. The quantitative estimate of drug-likeness (QED) is 0.529. The number of anilines is 3. The average Bonchev–Trinajstić information content (AvgIpc) is 2.65. The number of rotatable bonds is 5. The molecule has 0 amide bonds. The zero-order chi connectivity index (χ0) is 17.6. The second-order valence-corrected chi connectivity index (χ2v) is 5.77. The zero-order valence-corrected chi connectivity index (χ0v) is 14.6. The van der Waals surface area contributed by atoms with Crippen LogP contribution in [0.5, 0.6) is 0 Å². The van der Waals surface area contributed by atoms with Crippen molar-refractivity contribution in [3.8, 4) is 0 Å². The molecule has 0 radical (unpaired) electrons. The molecule has 0 aromatic heterocycles. The first-order valence-corrected chi connectivity index (χ1v) is 8.46. The van der Waals surface area contributed by atoms with Crippen LogP contribution in [0.3, 0.4) is 0 Å². The third-order valence-electron chi connectivity index (χ3n) is 3.75. The summed E-state index contributed by atoms with van der Waals surface area (Å²) in [6.07, 6.45) is 0. The van der Waals surface area contributed by atoms with E-state index in [1.165, 1.54) is 0 Å². The van der Waals surface area contributed by atoms with Crippen molar-refractivity contribution in [2.24, 2.45) is 0 Å². The van der Waals surface area contributed by atoms with Crippen molar-refractivity contribution < 1.29 is 9.53 Å². The van der Waals surface area contributed by atoms with Gasteiger partial charge in [-0.2, -0.15) is 0 Å². The van der Waals surface area contributed by atoms with Gasteiger partial charge < -0.3 is 9.64 Å². The van der Waals surface area contributed by atoms with E-state index in [-0.39, 0.29) is 5.97 Å². The lowest BCUT2D eigenvalue weighted by Crippen LogP contribution is -2.16. The highest BCUT2D eigenvalue weighted by Gasteiger charge is 2.21. The van der Waals surface area contributed by atoms with E-state index in [1.54, 1.807) is 13.0 Å². The molecule has 0 aliphatic carbocycles. The van der Waals surface area contributed by atoms with Gasteiger partial charge in [-0.05, 0) is 43.3 Å². The van der Waals surface area contributed by atoms with Gasteiger partial charge in [0.25, 0.3) is 0 Å². The van der Waals surface area contributed by atoms with Crippen LogP contribution in [0.2, 0.25) is 5.02 Å². The van der Waals surface area contributed by atoms with Crippen molar-refractivity contribution in [2.75, 3.05) is 11.5 Å². The van der Waals surface area contributed by atoms with Crippen LogP contribution in [0, 0.1) is 0 Å². The Hall–Kier alpha value is -2.78. The van der Waals surface area contributed by atoms with Gasteiger partial charge in [-0.15, -0.1) is 0 Å². The number of halogens is 1. The predicted molar refractivity (Wildman–Crippen MR) is 102 cm³/mol. The van der Waals surface area contributed by atoms with Crippen LogP contribution in [0.25, 0.3) is 0 Å². The van der Waals surface area contributed by atoms with Gasteiger partial charge >= 0.3 is 5.97 Å². The van der Waals surface area contributed by atoms with Crippen molar-refractivity contribution in [3.63, 3.8) is 0 Å². The Morgan fingerprint density at radius 3 is 2.16 bits per heavy atom. The molecule has 4 heteroatoms. The first-order chi connectivity index (χ1) is 12.2. The van der Waals surface area contributed by atoms with Gasteiger partial charge in [-0.3, -0.25) is 0 Å². The maximum absolute atomic E-state index is 12.4. The Morgan fingerprint density at radius 1 is 0.880 bits per heavy atom. The standard InChI is InChI=1S/C21H18ClNO2/c1-2-25-21(24)17-12-6-8-14-19(17)23(16-10-4-3-5-11-16)20-15-9-7-13-18(20)22/h3-15H,2H2,1H3. The van der Waals surface area contributed by atoms with Gasteiger partial charge in [0, 0.05) is 5.69 Å². The zero-order valence-electron chi connectivity index (χ0n) is 13.9. The van der Waals surface area contributed by atoms with E-state index in [2.05, 4.69) is 0 Å². The molecular formula is C21H18ClNO2. The summed E-state index contributed by atoms with van der Waals surface area (Å²) in [5, 5.41) is 0.602. The minimum atomic E-state index is -0.355. The van der Waals surface area contributed by atoms with Crippen molar-refractivity contribution in [2.45, 2.75) is 6.92 Å².